The van der Waals surface area contributed by atoms with Crippen molar-refractivity contribution in [2.24, 2.45) is 16.6 Å². The Labute approximate surface area is 132 Å². The lowest BCUT2D eigenvalue weighted by Gasteiger charge is -2.21. The van der Waals surface area contributed by atoms with Crippen molar-refractivity contribution in [3.05, 3.63) is 18.2 Å². The van der Waals surface area contributed by atoms with Gasteiger partial charge in [-0.2, -0.15) is 0 Å². The van der Waals surface area contributed by atoms with E-state index in [1.165, 1.54) is 6.34 Å². The summed E-state index contributed by atoms with van der Waals surface area (Å²) in [7, 11) is 3.44. The van der Waals surface area contributed by atoms with Gasteiger partial charge in [-0.1, -0.05) is 13.8 Å². The van der Waals surface area contributed by atoms with Gasteiger partial charge < -0.3 is 20.7 Å². The minimum atomic E-state index is -0.0571. The molecule has 22 heavy (non-hydrogen) atoms. The number of hydrogen-bond acceptors (Lipinski definition) is 4. The van der Waals surface area contributed by atoms with Gasteiger partial charge in [-0.25, -0.2) is 4.99 Å². The first kappa shape index (κ1) is 18.0. The summed E-state index contributed by atoms with van der Waals surface area (Å²) in [5.41, 5.74) is 7.80. The number of nitrogens with one attached hydrogen (secondary N) is 1. The maximum Gasteiger partial charge on any atom is 0.229 e. The van der Waals surface area contributed by atoms with Crippen LogP contribution in [0.1, 0.15) is 20.3 Å². The van der Waals surface area contributed by atoms with E-state index in [1.807, 2.05) is 32.0 Å². The third-order valence-corrected chi connectivity index (χ3v) is 3.25. The van der Waals surface area contributed by atoms with Crippen LogP contribution in [0, 0.1) is 5.92 Å². The fourth-order valence-corrected chi connectivity index (χ4v) is 2.02. The molecule has 0 fully saturated rings. The van der Waals surface area contributed by atoms with E-state index in [1.54, 1.807) is 19.1 Å². The molecule has 0 atom stereocenters. The molecule has 0 saturated carbocycles. The number of carbonyl (C=O) groups excluding carboxylic acids is 1. The average Bonchev–Trinajstić information content (AvgIpc) is 2.51. The largest absolute Gasteiger partial charge is 0.390 e. The molecule has 122 valence electrons. The maximum atomic E-state index is 12.1. The number of nitrogens with zero attached hydrogens (tertiary/aromatic N) is 2. The second-order valence-electron chi connectivity index (χ2n) is 5.30. The topological polar surface area (TPSA) is 80.0 Å². The molecular weight excluding hydrogens is 280 g/mol. The second-order valence-corrected chi connectivity index (χ2v) is 5.30. The first-order valence-corrected chi connectivity index (χ1v) is 7.40. The summed E-state index contributed by atoms with van der Waals surface area (Å²) in [6.45, 7) is 5.24. The van der Waals surface area contributed by atoms with Gasteiger partial charge in [-0.15, -0.1) is 0 Å². The smallest absolute Gasteiger partial charge is 0.229 e. The number of benzene rings is 1. The van der Waals surface area contributed by atoms with Crippen molar-refractivity contribution in [3.8, 4) is 0 Å². The van der Waals surface area contributed by atoms with Crippen LogP contribution in [0.25, 0.3) is 0 Å². The lowest BCUT2D eigenvalue weighted by Crippen LogP contribution is -2.30. The van der Waals surface area contributed by atoms with Crippen molar-refractivity contribution < 1.29 is 9.53 Å². The van der Waals surface area contributed by atoms with Crippen molar-refractivity contribution in [3.63, 3.8) is 0 Å². The molecule has 6 heteroatoms. The first-order valence-electron chi connectivity index (χ1n) is 7.40. The van der Waals surface area contributed by atoms with E-state index in [9.17, 15) is 4.79 Å². The molecule has 0 heterocycles. The highest BCUT2D eigenvalue weighted by Gasteiger charge is 2.15. The van der Waals surface area contributed by atoms with Gasteiger partial charge in [0, 0.05) is 38.9 Å². The Morgan fingerprint density at radius 1 is 1.50 bits per heavy atom. The molecule has 1 amide bonds. The fourth-order valence-electron chi connectivity index (χ4n) is 2.02. The quantitative estimate of drug-likeness (QED) is 0.439. The lowest BCUT2D eigenvalue weighted by atomic mass is 10.1. The van der Waals surface area contributed by atoms with E-state index >= 15 is 0 Å². The molecule has 1 rings (SSSR count). The zero-order valence-corrected chi connectivity index (χ0v) is 13.8. The number of anilines is 2. The molecule has 3 N–H and O–H groups in total. The molecule has 0 unspecified atom stereocenters. The number of carbonyl (C=O) groups is 1. The van der Waals surface area contributed by atoms with Gasteiger partial charge in [0.05, 0.1) is 17.7 Å². The minimum Gasteiger partial charge on any atom is -0.390 e. The van der Waals surface area contributed by atoms with Crippen molar-refractivity contribution in [2.75, 3.05) is 37.5 Å². The number of methoxy groups -OCH3 is 1. The van der Waals surface area contributed by atoms with Crippen LogP contribution in [0.3, 0.4) is 0 Å². The van der Waals surface area contributed by atoms with Gasteiger partial charge in [0.25, 0.3) is 0 Å². The van der Waals surface area contributed by atoms with Gasteiger partial charge in [-0.3, -0.25) is 4.79 Å². The molecule has 1 aromatic carbocycles. The molecule has 0 radical (unpaired) electrons. The van der Waals surface area contributed by atoms with Crippen molar-refractivity contribution in [2.45, 2.75) is 20.3 Å². The van der Waals surface area contributed by atoms with Gasteiger partial charge in [-0.05, 0) is 24.6 Å². The average molecular weight is 306 g/mol. The molecule has 6 nitrogen and oxygen atoms in total. The number of ether oxygens (including phenoxy) is 1. The molecule has 0 aliphatic heterocycles. The zero-order chi connectivity index (χ0) is 16.5. The van der Waals surface area contributed by atoms with Crippen LogP contribution in [0.4, 0.5) is 17.1 Å². The second kappa shape index (κ2) is 9.04. The Hall–Kier alpha value is -2.08. The highest BCUT2D eigenvalue weighted by Crippen LogP contribution is 2.30. The Bertz CT molecular complexity index is 515. The van der Waals surface area contributed by atoms with Gasteiger partial charge >= 0.3 is 0 Å². The predicted octanol–water partition coefficient (Wildman–Crippen LogP) is 2.37. The minimum absolute atomic E-state index is 0.0571. The molecule has 0 saturated heterocycles. The summed E-state index contributed by atoms with van der Waals surface area (Å²) in [4.78, 5) is 17.9. The molecule has 0 aliphatic rings. The summed E-state index contributed by atoms with van der Waals surface area (Å²) >= 11 is 0. The summed E-state index contributed by atoms with van der Waals surface area (Å²) in [6.07, 6.45) is 2.15. The van der Waals surface area contributed by atoms with Crippen LogP contribution in [0.2, 0.25) is 0 Å². The van der Waals surface area contributed by atoms with E-state index < -0.39 is 0 Å². The van der Waals surface area contributed by atoms with Crippen LogP contribution in [-0.4, -0.2) is 39.6 Å². The van der Waals surface area contributed by atoms with Gasteiger partial charge in [0.1, 0.15) is 0 Å². The summed E-state index contributed by atoms with van der Waals surface area (Å²) < 4.78 is 5.02. The van der Waals surface area contributed by atoms with E-state index in [0.29, 0.717) is 12.3 Å². The van der Waals surface area contributed by atoms with Crippen molar-refractivity contribution in [1.29, 1.82) is 0 Å². The molecule has 0 bridgehead atoms. The van der Waals surface area contributed by atoms with E-state index in [2.05, 4.69) is 10.3 Å². The van der Waals surface area contributed by atoms with Crippen molar-refractivity contribution >= 4 is 29.3 Å². The Morgan fingerprint density at radius 2 is 2.23 bits per heavy atom. The third-order valence-electron chi connectivity index (χ3n) is 3.25. The van der Waals surface area contributed by atoms with Crippen LogP contribution in [0.5, 0.6) is 0 Å². The summed E-state index contributed by atoms with van der Waals surface area (Å²) in [5.74, 6) is 0.00165. The van der Waals surface area contributed by atoms with Crippen LogP contribution >= 0.6 is 0 Å². The summed E-state index contributed by atoms with van der Waals surface area (Å²) in [5, 5.41) is 3.30. The van der Waals surface area contributed by atoms with Crippen LogP contribution in [0.15, 0.2) is 23.2 Å². The fraction of sp³-hybridized carbons (Fsp3) is 0.500. The molecule has 0 aliphatic carbocycles. The first-order chi connectivity index (χ1) is 10.5. The van der Waals surface area contributed by atoms with Gasteiger partial charge in [0.15, 0.2) is 0 Å². The molecular formula is C16H26N4O2. The predicted molar refractivity (Wildman–Crippen MR) is 92.0 cm³/mol. The SMILES string of the molecule is COCCCNc1ccc(N(C)C(=O)C(C)C)cc1N=CN. The van der Waals surface area contributed by atoms with E-state index in [0.717, 1.165) is 24.3 Å². The Balaban J connectivity index is 2.91. The standard InChI is InChI=1S/C16H26N4O2/c1-12(2)16(21)20(3)13-6-7-14(15(10-13)19-11-17)18-8-5-9-22-4/h6-7,10-12,18H,5,8-9H2,1-4H3,(H2,17,19). The monoisotopic (exact) mass is 306 g/mol. The number of amides is 1. The normalized spacial score (nSPS) is 11.1. The molecule has 0 aromatic heterocycles. The number of hydrogen-bond donors (Lipinski definition) is 2. The number of aliphatic imine (C=N–C) groups is 1. The number of nitrogens with two attached hydrogens (primary N) is 1. The van der Waals surface area contributed by atoms with E-state index in [-0.39, 0.29) is 11.8 Å². The van der Waals surface area contributed by atoms with Crippen LogP contribution < -0.4 is 16.0 Å². The molecule has 1 aromatic rings. The lowest BCUT2D eigenvalue weighted by molar-refractivity contribution is -0.121. The maximum absolute atomic E-state index is 12.1. The summed E-state index contributed by atoms with van der Waals surface area (Å²) in [6, 6.07) is 5.66. The third kappa shape index (κ3) is 5.04. The highest BCUT2D eigenvalue weighted by atomic mass is 16.5. The zero-order valence-electron chi connectivity index (χ0n) is 13.8. The Morgan fingerprint density at radius 3 is 2.82 bits per heavy atom. The Kier molecular flexibility index (Phi) is 7.39. The molecule has 0 spiro atoms. The van der Waals surface area contributed by atoms with Crippen molar-refractivity contribution in [1.82, 2.24) is 0 Å². The number of rotatable bonds is 8. The van der Waals surface area contributed by atoms with Gasteiger partial charge in [0.2, 0.25) is 5.91 Å². The highest BCUT2D eigenvalue weighted by molar-refractivity contribution is 5.95. The van der Waals surface area contributed by atoms with E-state index in [4.69, 9.17) is 10.5 Å². The van der Waals surface area contributed by atoms with Crippen LogP contribution in [-0.2, 0) is 9.53 Å².